The highest BCUT2D eigenvalue weighted by Crippen LogP contribution is 2.20. The molecule has 86 valence electrons. The van der Waals surface area contributed by atoms with Gasteiger partial charge in [-0.05, 0) is 19.9 Å². The molecule has 0 N–H and O–H groups in total. The fourth-order valence-corrected chi connectivity index (χ4v) is 2.46. The Morgan fingerprint density at radius 3 is 2.07 bits per heavy atom. The second-order valence-corrected chi connectivity index (χ2v) is 4.55. The van der Waals surface area contributed by atoms with Gasteiger partial charge in [0, 0.05) is 18.5 Å². The van der Waals surface area contributed by atoms with Crippen LogP contribution >= 0.6 is 24.0 Å². The molecule has 0 spiro atoms. The van der Waals surface area contributed by atoms with E-state index in [0.29, 0.717) is 0 Å². The molecule has 1 aliphatic carbocycles. The molecule has 0 amide bonds. The molecule has 0 aliphatic heterocycles. The first-order chi connectivity index (χ1) is 6.34. The van der Waals surface area contributed by atoms with E-state index in [1.807, 2.05) is 0 Å². The van der Waals surface area contributed by atoms with Crippen molar-refractivity contribution in [2.45, 2.75) is 51.0 Å². The Labute approximate surface area is 99.6 Å². The molecule has 0 saturated heterocycles. The average Bonchev–Trinajstić information content (AvgIpc) is 2.03. The maximum atomic E-state index is 5.75. The molecule has 1 nitrogen and oxygen atoms in total. The predicted molar refractivity (Wildman–Crippen MR) is 66.7 cm³/mol. The zero-order valence-corrected chi connectivity index (χ0v) is 10.7. The molecule has 0 unspecified atom stereocenters. The van der Waals surface area contributed by atoms with Gasteiger partial charge in [-0.2, -0.15) is 0 Å². The highest BCUT2D eigenvalue weighted by molar-refractivity contribution is 6.18. The van der Waals surface area contributed by atoms with Crippen LogP contribution in [0.4, 0.5) is 0 Å². The largest absolute Gasteiger partial charge is 0.302 e. The van der Waals surface area contributed by atoms with E-state index >= 15 is 0 Å². The summed E-state index contributed by atoms with van der Waals surface area (Å²) in [5.41, 5.74) is 0. The van der Waals surface area contributed by atoms with Crippen molar-refractivity contribution in [3.05, 3.63) is 0 Å². The molecule has 14 heavy (non-hydrogen) atoms. The first-order valence-corrected chi connectivity index (χ1v) is 6.14. The van der Waals surface area contributed by atoms with Crippen molar-refractivity contribution in [3.8, 4) is 0 Å². The van der Waals surface area contributed by atoms with Gasteiger partial charge in [0.2, 0.25) is 0 Å². The van der Waals surface area contributed by atoms with E-state index in [1.165, 1.54) is 44.9 Å². The van der Waals surface area contributed by atoms with Crippen LogP contribution in [-0.4, -0.2) is 30.4 Å². The summed E-state index contributed by atoms with van der Waals surface area (Å²) in [7, 11) is 2.22. The highest BCUT2D eigenvalue weighted by Gasteiger charge is 2.14. The van der Waals surface area contributed by atoms with Gasteiger partial charge >= 0.3 is 0 Å². The van der Waals surface area contributed by atoms with Crippen molar-refractivity contribution in [1.82, 2.24) is 4.90 Å². The SMILES string of the molecule is CN(CCCl)C1CCCCCCC1.Cl. The molecule has 0 heterocycles. The van der Waals surface area contributed by atoms with Gasteiger partial charge in [-0.25, -0.2) is 0 Å². The number of hydrogen-bond acceptors (Lipinski definition) is 1. The van der Waals surface area contributed by atoms with Gasteiger partial charge in [0.15, 0.2) is 0 Å². The molecule has 0 aromatic rings. The Morgan fingerprint density at radius 2 is 1.57 bits per heavy atom. The van der Waals surface area contributed by atoms with Gasteiger partial charge < -0.3 is 4.90 Å². The number of alkyl halides is 1. The van der Waals surface area contributed by atoms with E-state index in [2.05, 4.69) is 11.9 Å². The first kappa shape index (κ1) is 14.5. The Bertz CT molecular complexity index is 122. The van der Waals surface area contributed by atoms with E-state index in [9.17, 15) is 0 Å². The Kier molecular flexibility index (Phi) is 9.16. The summed E-state index contributed by atoms with van der Waals surface area (Å²) in [6.45, 7) is 1.05. The lowest BCUT2D eigenvalue weighted by atomic mass is 9.96. The number of rotatable bonds is 3. The fourth-order valence-electron chi connectivity index (χ4n) is 2.19. The lowest BCUT2D eigenvalue weighted by molar-refractivity contribution is 0.213. The van der Waals surface area contributed by atoms with Crippen molar-refractivity contribution in [2.75, 3.05) is 19.5 Å². The maximum Gasteiger partial charge on any atom is 0.0351 e. The zero-order chi connectivity index (χ0) is 9.52. The van der Waals surface area contributed by atoms with Gasteiger partial charge in [0.25, 0.3) is 0 Å². The number of nitrogens with zero attached hydrogens (tertiary/aromatic N) is 1. The van der Waals surface area contributed by atoms with Gasteiger partial charge in [-0.3, -0.25) is 0 Å². The van der Waals surface area contributed by atoms with E-state index < -0.39 is 0 Å². The summed E-state index contributed by atoms with van der Waals surface area (Å²) >= 11 is 5.75. The third-order valence-electron chi connectivity index (χ3n) is 3.14. The van der Waals surface area contributed by atoms with E-state index in [0.717, 1.165) is 18.5 Å². The molecule has 0 aromatic heterocycles. The molecule has 0 radical (unpaired) electrons. The van der Waals surface area contributed by atoms with Crippen LogP contribution in [0.1, 0.15) is 44.9 Å². The summed E-state index contributed by atoms with van der Waals surface area (Å²) in [6.07, 6.45) is 9.91. The molecular weight excluding hydrogens is 217 g/mol. The second-order valence-electron chi connectivity index (χ2n) is 4.17. The highest BCUT2D eigenvalue weighted by atomic mass is 35.5. The molecule has 1 aliphatic rings. The summed E-state index contributed by atoms with van der Waals surface area (Å²) < 4.78 is 0. The second kappa shape index (κ2) is 8.82. The van der Waals surface area contributed by atoms with Crippen LogP contribution in [0.5, 0.6) is 0 Å². The van der Waals surface area contributed by atoms with E-state index in [-0.39, 0.29) is 12.4 Å². The topological polar surface area (TPSA) is 3.24 Å². The molecule has 0 aromatic carbocycles. The molecule has 1 saturated carbocycles. The van der Waals surface area contributed by atoms with Crippen molar-refractivity contribution < 1.29 is 0 Å². The van der Waals surface area contributed by atoms with Crippen molar-refractivity contribution in [1.29, 1.82) is 0 Å². The first-order valence-electron chi connectivity index (χ1n) is 5.61. The van der Waals surface area contributed by atoms with Crippen LogP contribution in [0.3, 0.4) is 0 Å². The fraction of sp³-hybridized carbons (Fsp3) is 1.00. The smallest absolute Gasteiger partial charge is 0.0351 e. The lowest BCUT2D eigenvalue weighted by Gasteiger charge is -2.28. The summed E-state index contributed by atoms with van der Waals surface area (Å²) in [4.78, 5) is 2.44. The van der Waals surface area contributed by atoms with E-state index in [4.69, 9.17) is 11.6 Å². The summed E-state index contributed by atoms with van der Waals surface area (Å²) in [5, 5.41) is 0. The lowest BCUT2D eigenvalue weighted by Crippen LogP contribution is -2.33. The normalized spacial score (nSPS) is 19.9. The minimum atomic E-state index is 0. The predicted octanol–water partition coefficient (Wildman–Crippen LogP) is 3.69. The maximum absolute atomic E-state index is 5.75. The van der Waals surface area contributed by atoms with Crippen LogP contribution in [-0.2, 0) is 0 Å². The molecule has 0 bridgehead atoms. The minimum absolute atomic E-state index is 0. The van der Waals surface area contributed by atoms with Crippen LogP contribution < -0.4 is 0 Å². The Hall–Kier alpha value is 0.540. The van der Waals surface area contributed by atoms with Gasteiger partial charge in [0.05, 0.1) is 0 Å². The van der Waals surface area contributed by atoms with Crippen molar-refractivity contribution in [2.24, 2.45) is 0 Å². The quantitative estimate of drug-likeness (QED) is 0.680. The summed E-state index contributed by atoms with van der Waals surface area (Å²) in [5.74, 6) is 0.771. The monoisotopic (exact) mass is 239 g/mol. The van der Waals surface area contributed by atoms with Crippen molar-refractivity contribution in [3.63, 3.8) is 0 Å². The van der Waals surface area contributed by atoms with Crippen LogP contribution in [0, 0.1) is 0 Å². The minimum Gasteiger partial charge on any atom is -0.302 e. The van der Waals surface area contributed by atoms with Crippen LogP contribution in [0.15, 0.2) is 0 Å². The molecular formula is C11H23Cl2N. The molecule has 3 heteroatoms. The Balaban J connectivity index is 0.00000169. The van der Waals surface area contributed by atoms with Crippen LogP contribution in [0.2, 0.25) is 0 Å². The average molecular weight is 240 g/mol. The Morgan fingerprint density at radius 1 is 1.07 bits per heavy atom. The molecule has 0 atom stereocenters. The molecule has 1 fully saturated rings. The third kappa shape index (κ3) is 5.43. The van der Waals surface area contributed by atoms with Crippen molar-refractivity contribution >= 4 is 24.0 Å². The third-order valence-corrected chi connectivity index (χ3v) is 3.30. The van der Waals surface area contributed by atoms with Gasteiger partial charge in [-0.15, -0.1) is 24.0 Å². The van der Waals surface area contributed by atoms with Crippen LogP contribution in [0.25, 0.3) is 0 Å². The number of hydrogen-bond donors (Lipinski definition) is 0. The van der Waals surface area contributed by atoms with E-state index in [1.54, 1.807) is 0 Å². The van der Waals surface area contributed by atoms with Gasteiger partial charge in [-0.1, -0.05) is 32.1 Å². The van der Waals surface area contributed by atoms with Gasteiger partial charge in [0.1, 0.15) is 0 Å². The zero-order valence-electron chi connectivity index (χ0n) is 9.17. The standard InChI is InChI=1S/C11H22ClN.ClH/c1-13(10-9-12)11-7-5-3-2-4-6-8-11;/h11H,2-10H2,1H3;1H. The summed E-state index contributed by atoms with van der Waals surface area (Å²) in [6, 6.07) is 0.805. The molecule has 1 rings (SSSR count). The number of halogens is 2.